The van der Waals surface area contributed by atoms with Crippen LogP contribution in [0, 0.1) is 0 Å². The molecule has 1 rings (SSSR count). The molecule has 4 heteroatoms. The molecular weight excluding hydrogens is 224 g/mol. The predicted octanol–water partition coefficient (Wildman–Crippen LogP) is 2.02. The number of nitrogens with one attached hydrogen (secondary N) is 1. The van der Waals surface area contributed by atoms with E-state index in [2.05, 4.69) is 47.7 Å². The van der Waals surface area contributed by atoms with Gasteiger partial charge in [-0.2, -0.15) is 0 Å². The molecule has 0 aromatic carbocycles. The average Bonchev–Trinajstić information content (AvgIpc) is 2.72. The minimum absolute atomic E-state index is 0.597. The standard InChI is InChI=1S/C14H28N4/c1-5-7-13(15-8-6-2)11-17(3)12-14-16-9-10-18(14)4/h9-10,13,15H,5-8,11-12H2,1-4H3. The number of imidazole rings is 1. The lowest BCUT2D eigenvalue weighted by Gasteiger charge is -2.24. The van der Waals surface area contributed by atoms with Gasteiger partial charge in [0, 0.05) is 32.0 Å². The van der Waals surface area contributed by atoms with Crippen molar-refractivity contribution in [3.05, 3.63) is 18.2 Å². The molecule has 0 radical (unpaired) electrons. The van der Waals surface area contributed by atoms with Crippen LogP contribution in [0.15, 0.2) is 12.4 Å². The fourth-order valence-corrected chi connectivity index (χ4v) is 2.19. The Morgan fingerprint density at radius 1 is 1.39 bits per heavy atom. The van der Waals surface area contributed by atoms with E-state index in [1.165, 1.54) is 19.3 Å². The van der Waals surface area contributed by atoms with Gasteiger partial charge in [-0.1, -0.05) is 20.3 Å². The Bertz CT molecular complexity index is 321. The molecule has 0 amide bonds. The van der Waals surface area contributed by atoms with Gasteiger partial charge in [0.2, 0.25) is 0 Å². The van der Waals surface area contributed by atoms with Crippen molar-refractivity contribution in [1.82, 2.24) is 19.8 Å². The summed E-state index contributed by atoms with van der Waals surface area (Å²) in [6.07, 6.45) is 7.54. The van der Waals surface area contributed by atoms with Gasteiger partial charge < -0.3 is 9.88 Å². The number of aromatic nitrogens is 2. The lowest BCUT2D eigenvalue weighted by atomic mass is 10.1. The van der Waals surface area contributed by atoms with Crippen LogP contribution in [-0.2, 0) is 13.6 Å². The Labute approximate surface area is 111 Å². The maximum atomic E-state index is 4.37. The zero-order chi connectivity index (χ0) is 13.4. The van der Waals surface area contributed by atoms with Gasteiger partial charge in [-0.05, 0) is 26.4 Å². The highest BCUT2D eigenvalue weighted by atomic mass is 15.2. The Morgan fingerprint density at radius 3 is 2.72 bits per heavy atom. The highest BCUT2D eigenvalue weighted by Gasteiger charge is 2.11. The van der Waals surface area contributed by atoms with E-state index in [4.69, 9.17) is 0 Å². The zero-order valence-corrected chi connectivity index (χ0v) is 12.3. The van der Waals surface area contributed by atoms with E-state index < -0.39 is 0 Å². The third kappa shape index (κ3) is 5.19. The zero-order valence-electron chi connectivity index (χ0n) is 12.3. The van der Waals surface area contributed by atoms with E-state index in [1.807, 2.05) is 12.4 Å². The van der Waals surface area contributed by atoms with E-state index in [0.29, 0.717) is 6.04 Å². The number of likely N-dealkylation sites (N-methyl/N-ethyl adjacent to an activating group) is 1. The monoisotopic (exact) mass is 252 g/mol. The SMILES string of the molecule is CCCNC(CCC)CN(C)Cc1nccn1C. The molecule has 0 aliphatic rings. The molecule has 0 spiro atoms. The molecule has 1 heterocycles. The van der Waals surface area contributed by atoms with Crippen molar-refractivity contribution in [2.45, 2.75) is 45.7 Å². The quantitative estimate of drug-likeness (QED) is 0.730. The second kappa shape index (κ2) is 8.27. The Balaban J connectivity index is 2.40. The number of nitrogens with zero attached hydrogens (tertiary/aromatic N) is 3. The largest absolute Gasteiger partial charge is 0.337 e. The van der Waals surface area contributed by atoms with E-state index in [9.17, 15) is 0 Å². The first-order chi connectivity index (χ1) is 8.67. The van der Waals surface area contributed by atoms with Crippen molar-refractivity contribution >= 4 is 0 Å². The summed E-state index contributed by atoms with van der Waals surface area (Å²) in [6.45, 7) is 7.58. The summed E-state index contributed by atoms with van der Waals surface area (Å²) in [5.41, 5.74) is 0. The van der Waals surface area contributed by atoms with Crippen molar-refractivity contribution in [3.63, 3.8) is 0 Å². The van der Waals surface area contributed by atoms with E-state index >= 15 is 0 Å². The van der Waals surface area contributed by atoms with Crippen molar-refractivity contribution < 1.29 is 0 Å². The average molecular weight is 252 g/mol. The second-order valence-electron chi connectivity index (χ2n) is 5.09. The normalized spacial score (nSPS) is 13.2. The van der Waals surface area contributed by atoms with E-state index in [-0.39, 0.29) is 0 Å². The molecule has 0 saturated carbocycles. The smallest absolute Gasteiger partial charge is 0.122 e. The van der Waals surface area contributed by atoms with Crippen molar-refractivity contribution in [3.8, 4) is 0 Å². The molecular formula is C14H28N4. The molecule has 104 valence electrons. The molecule has 18 heavy (non-hydrogen) atoms. The Kier molecular flexibility index (Phi) is 6.98. The topological polar surface area (TPSA) is 33.1 Å². The van der Waals surface area contributed by atoms with Crippen LogP contribution in [0.5, 0.6) is 0 Å². The molecule has 1 atom stereocenters. The Hall–Kier alpha value is -0.870. The molecule has 1 aromatic heterocycles. The molecule has 0 aliphatic heterocycles. The third-order valence-corrected chi connectivity index (χ3v) is 3.18. The van der Waals surface area contributed by atoms with Crippen LogP contribution >= 0.6 is 0 Å². The van der Waals surface area contributed by atoms with Gasteiger partial charge in [0.1, 0.15) is 5.82 Å². The van der Waals surface area contributed by atoms with Crippen LogP contribution in [-0.4, -0.2) is 40.6 Å². The number of hydrogen-bond donors (Lipinski definition) is 1. The first-order valence-electron chi connectivity index (χ1n) is 7.05. The van der Waals surface area contributed by atoms with Gasteiger partial charge in [0.15, 0.2) is 0 Å². The summed E-state index contributed by atoms with van der Waals surface area (Å²) in [5.74, 6) is 1.13. The number of aryl methyl sites for hydroxylation is 1. The predicted molar refractivity (Wildman–Crippen MR) is 76.5 cm³/mol. The lowest BCUT2D eigenvalue weighted by Crippen LogP contribution is -2.39. The van der Waals surface area contributed by atoms with E-state index in [1.54, 1.807) is 0 Å². The molecule has 1 N–H and O–H groups in total. The molecule has 0 fully saturated rings. The fraction of sp³-hybridized carbons (Fsp3) is 0.786. The maximum Gasteiger partial charge on any atom is 0.122 e. The van der Waals surface area contributed by atoms with Crippen molar-refractivity contribution in [1.29, 1.82) is 0 Å². The van der Waals surface area contributed by atoms with Crippen LogP contribution in [0.1, 0.15) is 38.9 Å². The summed E-state index contributed by atoms with van der Waals surface area (Å²) >= 11 is 0. The molecule has 0 aliphatic carbocycles. The first kappa shape index (κ1) is 15.2. The van der Waals surface area contributed by atoms with Crippen molar-refractivity contribution in [2.24, 2.45) is 7.05 Å². The van der Waals surface area contributed by atoms with Crippen molar-refractivity contribution in [2.75, 3.05) is 20.1 Å². The first-order valence-corrected chi connectivity index (χ1v) is 7.05. The maximum absolute atomic E-state index is 4.37. The van der Waals surface area contributed by atoms with Gasteiger partial charge in [-0.15, -0.1) is 0 Å². The van der Waals surface area contributed by atoms with Gasteiger partial charge in [0.25, 0.3) is 0 Å². The summed E-state index contributed by atoms with van der Waals surface area (Å²) in [7, 11) is 4.22. The van der Waals surface area contributed by atoms with Crippen LogP contribution in [0.3, 0.4) is 0 Å². The third-order valence-electron chi connectivity index (χ3n) is 3.18. The van der Waals surface area contributed by atoms with Crippen LogP contribution in [0.2, 0.25) is 0 Å². The number of rotatable bonds is 9. The molecule has 4 nitrogen and oxygen atoms in total. The van der Waals surface area contributed by atoms with Crippen LogP contribution in [0.4, 0.5) is 0 Å². The minimum atomic E-state index is 0.597. The van der Waals surface area contributed by atoms with Gasteiger partial charge in [-0.3, -0.25) is 4.90 Å². The Morgan fingerprint density at radius 2 is 2.17 bits per heavy atom. The summed E-state index contributed by atoms with van der Waals surface area (Å²) in [4.78, 5) is 6.72. The molecule has 1 unspecified atom stereocenters. The second-order valence-corrected chi connectivity index (χ2v) is 5.09. The summed E-state index contributed by atoms with van der Waals surface area (Å²) < 4.78 is 2.09. The van der Waals surface area contributed by atoms with Gasteiger partial charge in [0.05, 0.1) is 6.54 Å². The molecule has 0 bridgehead atoms. The van der Waals surface area contributed by atoms with Gasteiger partial charge >= 0.3 is 0 Å². The highest BCUT2D eigenvalue weighted by molar-refractivity contribution is 4.90. The minimum Gasteiger partial charge on any atom is -0.337 e. The molecule has 1 aromatic rings. The summed E-state index contributed by atoms with van der Waals surface area (Å²) in [6, 6.07) is 0.597. The van der Waals surface area contributed by atoms with E-state index in [0.717, 1.165) is 25.5 Å². The fourth-order valence-electron chi connectivity index (χ4n) is 2.19. The highest BCUT2D eigenvalue weighted by Crippen LogP contribution is 2.04. The number of hydrogen-bond acceptors (Lipinski definition) is 3. The lowest BCUT2D eigenvalue weighted by molar-refractivity contribution is 0.265. The van der Waals surface area contributed by atoms with Crippen LogP contribution in [0.25, 0.3) is 0 Å². The summed E-state index contributed by atoms with van der Waals surface area (Å²) in [5, 5.41) is 3.63. The van der Waals surface area contributed by atoms with Gasteiger partial charge in [-0.25, -0.2) is 4.98 Å². The van der Waals surface area contributed by atoms with Crippen LogP contribution < -0.4 is 5.32 Å². The molecule has 0 saturated heterocycles.